The molecule has 4 aromatic rings. The number of nitrogens with zero attached hydrogens (tertiary/aromatic N) is 5. The van der Waals surface area contributed by atoms with Crippen molar-refractivity contribution < 1.29 is 42.2 Å². The van der Waals surface area contributed by atoms with E-state index in [-0.39, 0.29) is 36.8 Å². The van der Waals surface area contributed by atoms with E-state index in [9.17, 15) is 37.5 Å². The summed E-state index contributed by atoms with van der Waals surface area (Å²) in [5, 5.41) is 20.9. The molecule has 2 heterocycles. The zero-order valence-corrected chi connectivity index (χ0v) is 27.6. The molecule has 2 amide bonds. The predicted molar refractivity (Wildman–Crippen MR) is 176 cm³/mol. The highest BCUT2D eigenvalue weighted by molar-refractivity contribution is 6.36. The van der Waals surface area contributed by atoms with Crippen LogP contribution in [0.5, 0.6) is 6.01 Å². The Morgan fingerprint density at radius 2 is 1.71 bits per heavy atom. The van der Waals surface area contributed by atoms with Crippen LogP contribution in [0.1, 0.15) is 41.0 Å². The van der Waals surface area contributed by atoms with E-state index in [1.165, 1.54) is 30.5 Å². The van der Waals surface area contributed by atoms with Crippen LogP contribution in [0.25, 0.3) is 0 Å². The van der Waals surface area contributed by atoms with Gasteiger partial charge in [0.25, 0.3) is 11.8 Å². The topological polar surface area (TPSA) is 202 Å². The molecule has 0 aliphatic heterocycles. The number of nitrogens with one attached hydrogen (secondary N) is 4. The fourth-order valence-electron chi connectivity index (χ4n) is 4.83. The summed E-state index contributed by atoms with van der Waals surface area (Å²) in [4.78, 5) is 65.3. The van der Waals surface area contributed by atoms with Gasteiger partial charge in [-0.2, -0.15) is 28.1 Å². The van der Waals surface area contributed by atoms with Crippen LogP contribution in [0.2, 0.25) is 5.02 Å². The van der Waals surface area contributed by atoms with Gasteiger partial charge in [-0.3, -0.25) is 14.4 Å². The van der Waals surface area contributed by atoms with Gasteiger partial charge in [0, 0.05) is 42.3 Å². The number of halogens is 4. The monoisotopic (exact) mass is 729 g/mol. The number of alkyl halides is 3. The Kier molecular flexibility index (Phi) is 11.0. The van der Waals surface area contributed by atoms with Crippen molar-refractivity contribution >= 4 is 52.8 Å². The largest absolute Gasteiger partial charge is 0.480 e. The van der Waals surface area contributed by atoms with Crippen molar-refractivity contribution in [1.29, 1.82) is 0 Å². The number of carboxylic acids is 1. The minimum absolute atomic E-state index is 0.0403. The lowest BCUT2D eigenvalue weighted by molar-refractivity contribution is -0.154. The molecule has 19 heteroatoms. The van der Waals surface area contributed by atoms with E-state index in [2.05, 4.69) is 41.2 Å². The summed E-state index contributed by atoms with van der Waals surface area (Å²) in [7, 11) is 1.67. The molecule has 1 fully saturated rings. The van der Waals surface area contributed by atoms with Gasteiger partial charge in [-0.15, -0.1) is 0 Å². The highest BCUT2D eigenvalue weighted by atomic mass is 35.5. The molecule has 0 saturated heterocycles. The number of benzene rings is 2. The first-order chi connectivity index (χ1) is 24.2. The van der Waals surface area contributed by atoms with Crippen LogP contribution in [0, 0.1) is 0 Å². The van der Waals surface area contributed by atoms with E-state index in [1.54, 1.807) is 29.9 Å². The zero-order valence-electron chi connectivity index (χ0n) is 26.8. The molecule has 0 spiro atoms. The standard InChI is InChI=1S/C32H31ClF3N9O6/c1-45-15-14-37-24(45)16-23(46)26(48)38-13-10-22(27(49)50)40-25(47)18-2-8-21(9-3-18)39-28-41-29(43-30(42-28)51-17-32(34,35)36)44-31(11-12-31)19-4-6-20(33)7-5-19/h2-9,14-15,22H,10-13,16-17H2,1H3,(H,38,48)(H,40,47)(H,49,50)(H2,39,41,42,43,44)/t22-/m0/s1. The van der Waals surface area contributed by atoms with Crippen LogP contribution in [0.3, 0.4) is 0 Å². The highest BCUT2D eigenvalue weighted by Gasteiger charge is 2.45. The molecule has 1 atom stereocenters. The first-order valence-corrected chi connectivity index (χ1v) is 15.8. The second-order valence-electron chi connectivity index (χ2n) is 11.5. The number of rotatable bonds is 16. The van der Waals surface area contributed by atoms with Crippen LogP contribution < -0.4 is 26.0 Å². The maximum absolute atomic E-state index is 12.9. The molecule has 2 aromatic carbocycles. The number of hydrogen-bond acceptors (Lipinski definition) is 11. The summed E-state index contributed by atoms with van der Waals surface area (Å²) in [6.45, 7) is -1.83. The predicted octanol–water partition coefficient (Wildman–Crippen LogP) is 3.55. The van der Waals surface area contributed by atoms with Gasteiger partial charge in [0.1, 0.15) is 11.9 Å². The smallest absolute Gasteiger partial charge is 0.422 e. The lowest BCUT2D eigenvalue weighted by atomic mass is 10.1. The van der Waals surface area contributed by atoms with Gasteiger partial charge in [-0.05, 0) is 61.2 Å². The van der Waals surface area contributed by atoms with Crippen molar-refractivity contribution in [2.45, 2.75) is 43.4 Å². The molecule has 5 rings (SSSR count). The number of aryl methyl sites for hydroxylation is 1. The minimum Gasteiger partial charge on any atom is -0.480 e. The molecule has 5 N–H and O–H groups in total. The summed E-state index contributed by atoms with van der Waals surface area (Å²) in [5.41, 5.74) is 0.731. The number of carbonyl (C=O) groups is 4. The van der Waals surface area contributed by atoms with E-state index in [0.717, 1.165) is 5.56 Å². The first kappa shape index (κ1) is 36.5. The summed E-state index contributed by atoms with van der Waals surface area (Å²) < 4.78 is 45.1. The quantitative estimate of drug-likeness (QED) is 0.105. The van der Waals surface area contributed by atoms with Gasteiger partial charge in [0.05, 0.1) is 12.0 Å². The Morgan fingerprint density at radius 1 is 1.02 bits per heavy atom. The third-order valence-electron chi connectivity index (χ3n) is 7.70. The molecule has 0 radical (unpaired) electrons. The molecule has 2 aromatic heterocycles. The normalized spacial score (nSPS) is 13.8. The van der Waals surface area contributed by atoms with Crippen molar-refractivity contribution in [2.24, 2.45) is 7.05 Å². The number of aliphatic carboxylic acids is 1. The average Bonchev–Trinajstić information content (AvgIpc) is 3.75. The molecule has 1 saturated carbocycles. The number of hydrogen-bond donors (Lipinski definition) is 5. The van der Waals surface area contributed by atoms with Crippen molar-refractivity contribution in [1.82, 2.24) is 35.1 Å². The summed E-state index contributed by atoms with van der Waals surface area (Å²) >= 11 is 6.01. The van der Waals surface area contributed by atoms with Crippen molar-refractivity contribution in [3.05, 3.63) is 82.9 Å². The Bertz CT molecular complexity index is 1900. The molecule has 268 valence electrons. The first-order valence-electron chi connectivity index (χ1n) is 15.4. The van der Waals surface area contributed by atoms with Crippen molar-refractivity contribution in [3.63, 3.8) is 0 Å². The third kappa shape index (κ3) is 10.1. The maximum Gasteiger partial charge on any atom is 0.422 e. The minimum atomic E-state index is -4.64. The second-order valence-corrected chi connectivity index (χ2v) is 12.0. The van der Waals surface area contributed by atoms with E-state index >= 15 is 0 Å². The lowest BCUT2D eigenvalue weighted by Crippen LogP contribution is -2.43. The molecular formula is C32H31ClF3N9O6. The summed E-state index contributed by atoms with van der Waals surface area (Å²) in [6, 6.07) is 10.8. The number of ether oxygens (including phenoxy) is 1. The van der Waals surface area contributed by atoms with Crippen LogP contribution in [-0.4, -0.2) is 78.5 Å². The number of ketones is 1. The van der Waals surface area contributed by atoms with Gasteiger partial charge < -0.3 is 35.7 Å². The van der Waals surface area contributed by atoms with Crippen molar-refractivity contribution in [3.8, 4) is 6.01 Å². The highest BCUT2D eigenvalue weighted by Crippen LogP contribution is 2.48. The Balaban J connectivity index is 1.20. The van der Waals surface area contributed by atoms with Crippen LogP contribution >= 0.6 is 11.6 Å². The fourth-order valence-corrected chi connectivity index (χ4v) is 4.95. The average molecular weight is 730 g/mol. The number of imidazole rings is 1. The van der Waals surface area contributed by atoms with Gasteiger partial charge in [-0.25, -0.2) is 9.78 Å². The number of carbonyl (C=O) groups excluding carboxylic acids is 3. The molecule has 1 aliphatic carbocycles. The van der Waals surface area contributed by atoms with Gasteiger partial charge >= 0.3 is 18.2 Å². The third-order valence-corrected chi connectivity index (χ3v) is 7.95. The van der Waals surface area contributed by atoms with Gasteiger partial charge in [-0.1, -0.05) is 23.7 Å². The molecule has 0 bridgehead atoms. The van der Waals surface area contributed by atoms with E-state index in [1.807, 2.05) is 12.1 Å². The Labute approximate surface area is 293 Å². The van der Waals surface area contributed by atoms with Gasteiger partial charge in [0.2, 0.25) is 17.7 Å². The van der Waals surface area contributed by atoms with Crippen LogP contribution in [0.4, 0.5) is 30.8 Å². The number of amides is 2. The van der Waals surface area contributed by atoms with E-state index < -0.39 is 53.9 Å². The molecule has 51 heavy (non-hydrogen) atoms. The maximum atomic E-state index is 12.9. The Hall–Kier alpha value is -5.78. The molecule has 15 nitrogen and oxygen atoms in total. The molecular weight excluding hydrogens is 699 g/mol. The number of Topliss-reactive ketones (excluding diaryl/α,β-unsaturated/α-hetero) is 1. The number of carboxylic acid groups (broad SMARTS) is 1. The summed E-state index contributed by atoms with van der Waals surface area (Å²) in [6.07, 6.45) is -0.573. The SMILES string of the molecule is Cn1ccnc1CC(=O)C(=O)NCC[C@H](NC(=O)c1ccc(Nc2nc(NC3(c4ccc(Cl)cc4)CC3)nc(OCC(F)(F)F)n2)cc1)C(=O)O. The van der Waals surface area contributed by atoms with Crippen molar-refractivity contribution in [2.75, 3.05) is 23.8 Å². The van der Waals surface area contributed by atoms with E-state index in [4.69, 9.17) is 16.3 Å². The number of anilines is 3. The lowest BCUT2D eigenvalue weighted by Gasteiger charge is -2.19. The Morgan fingerprint density at radius 3 is 2.31 bits per heavy atom. The van der Waals surface area contributed by atoms with Gasteiger partial charge in [0.15, 0.2) is 6.61 Å². The van der Waals surface area contributed by atoms with Crippen LogP contribution in [0.15, 0.2) is 60.9 Å². The number of aromatic nitrogens is 5. The zero-order chi connectivity index (χ0) is 36.8. The van der Waals surface area contributed by atoms with Crippen LogP contribution in [-0.2, 0) is 33.4 Å². The summed E-state index contributed by atoms with van der Waals surface area (Å²) in [5.74, 6) is -3.57. The second kappa shape index (κ2) is 15.4. The van der Waals surface area contributed by atoms with E-state index in [0.29, 0.717) is 29.4 Å². The molecule has 1 aliphatic rings. The molecule has 0 unspecified atom stereocenters. The fraction of sp³-hybridized carbons (Fsp3) is 0.312.